The molecule has 0 atom stereocenters. The number of nitrogens with zero attached hydrogens (tertiary/aromatic N) is 2. The summed E-state index contributed by atoms with van der Waals surface area (Å²) in [6.07, 6.45) is 7.02. The standard InChI is InChI=1S/C14H22N2O/c1-3-11-16(12-4-2)14(17)6-5-13-7-9-15-10-8-13/h7-10H,3-6,11-12H2,1-2H3. The van der Waals surface area contributed by atoms with Gasteiger partial charge in [0.05, 0.1) is 0 Å². The van der Waals surface area contributed by atoms with Crippen LogP contribution in [0.1, 0.15) is 38.7 Å². The lowest BCUT2D eigenvalue weighted by atomic mass is 10.1. The highest BCUT2D eigenvalue weighted by atomic mass is 16.2. The Morgan fingerprint density at radius 1 is 1.18 bits per heavy atom. The molecule has 0 N–H and O–H groups in total. The summed E-state index contributed by atoms with van der Waals surface area (Å²) in [7, 11) is 0. The molecule has 1 aromatic heterocycles. The molecule has 0 radical (unpaired) electrons. The topological polar surface area (TPSA) is 33.2 Å². The van der Waals surface area contributed by atoms with Gasteiger partial charge >= 0.3 is 0 Å². The molecule has 1 aromatic rings. The van der Waals surface area contributed by atoms with Gasteiger partial charge < -0.3 is 4.90 Å². The Balaban J connectivity index is 2.41. The zero-order valence-corrected chi connectivity index (χ0v) is 10.9. The number of amides is 1. The Morgan fingerprint density at radius 3 is 2.29 bits per heavy atom. The van der Waals surface area contributed by atoms with E-state index in [4.69, 9.17) is 0 Å². The van der Waals surface area contributed by atoms with E-state index >= 15 is 0 Å². The lowest BCUT2D eigenvalue weighted by Crippen LogP contribution is -2.32. The molecule has 1 amide bonds. The molecule has 0 bridgehead atoms. The molecule has 0 aliphatic heterocycles. The Bertz CT molecular complexity index is 318. The van der Waals surface area contributed by atoms with Crippen LogP contribution < -0.4 is 0 Å². The summed E-state index contributed by atoms with van der Waals surface area (Å²) in [5.74, 6) is 0.269. The molecule has 3 nitrogen and oxygen atoms in total. The summed E-state index contributed by atoms with van der Waals surface area (Å²) in [6, 6.07) is 3.94. The summed E-state index contributed by atoms with van der Waals surface area (Å²) in [5.41, 5.74) is 1.18. The van der Waals surface area contributed by atoms with Gasteiger partial charge in [-0.2, -0.15) is 0 Å². The molecule has 0 spiro atoms. The second-order valence-electron chi connectivity index (χ2n) is 4.24. The Hall–Kier alpha value is -1.38. The van der Waals surface area contributed by atoms with Crippen molar-refractivity contribution < 1.29 is 4.79 Å². The van der Waals surface area contributed by atoms with Gasteiger partial charge in [-0.1, -0.05) is 13.8 Å². The van der Waals surface area contributed by atoms with Gasteiger partial charge in [-0.05, 0) is 37.0 Å². The number of carbonyl (C=O) groups excluding carboxylic acids is 1. The number of hydrogen-bond acceptors (Lipinski definition) is 2. The van der Waals surface area contributed by atoms with Crippen molar-refractivity contribution in [2.45, 2.75) is 39.5 Å². The second-order valence-corrected chi connectivity index (χ2v) is 4.24. The fourth-order valence-electron chi connectivity index (χ4n) is 1.86. The van der Waals surface area contributed by atoms with Gasteiger partial charge in [0.25, 0.3) is 0 Å². The summed E-state index contributed by atoms with van der Waals surface area (Å²) in [5, 5.41) is 0. The molecule has 0 aliphatic carbocycles. The van der Waals surface area contributed by atoms with Crippen molar-refractivity contribution in [3.8, 4) is 0 Å². The van der Waals surface area contributed by atoms with E-state index in [2.05, 4.69) is 18.8 Å². The van der Waals surface area contributed by atoms with Crippen LogP contribution in [-0.2, 0) is 11.2 Å². The first-order chi connectivity index (χ1) is 8.27. The number of carbonyl (C=O) groups is 1. The smallest absolute Gasteiger partial charge is 0.222 e. The highest BCUT2D eigenvalue weighted by Crippen LogP contribution is 2.05. The van der Waals surface area contributed by atoms with Crippen LogP contribution in [0, 0.1) is 0 Å². The first-order valence-electron chi connectivity index (χ1n) is 6.44. The molecular weight excluding hydrogens is 212 g/mol. The molecule has 1 rings (SSSR count). The molecule has 17 heavy (non-hydrogen) atoms. The first kappa shape index (κ1) is 13.7. The fourth-order valence-corrected chi connectivity index (χ4v) is 1.86. The van der Waals surface area contributed by atoms with Crippen LogP contribution in [0.15, 0.2) is 24.5 Å². The minimum Gasteiger partial charge on any atom is -0.343 e. The maximum Gasteiger partial charge on any atom is 0.222 e. The van der Waals surface area contributed by atoms with Crippen molar-refractivity contribution in [1.82, 2.24) is 9.88 Å². The minimum atomic E-state index is 0.269. The Kier molecular flexibility index (Phi) is 6.30. The van der Waals surface area contributed by atoms with E-state index in [1.807, 2.05) is 17.0 Å². The normalized spacial score (nSPS) is 10.2. The summed E-state index contributed by atoms with van der Waals surface area (Å²) in [4.78, 5) is 18.0. The van der Waals surface area contributed by atoms with E-state index in [-0.39, 0.29) is 5.91 Å². The van der Waals surface area contributed by atoms with Gasteiger partial charge in [-0.15, -0.1) is 0 Å². The third-order valence-corrected chi connectivity index (χ3v) is 2.72. The predicted molar refractivity (Wildman–Crippen MR) is 69.7 cm³/mol. The monoisotopic (exact) mass is 234 g/mol. The minimum absolute atomic E-state index is 0.269. The van der Waals surface area contributed by atoms with Gasteiger partial charge in [0.2, 0.25) is 5.91 Å². The van der Waals surface area contributed by atoms with Crippen molar-refractivity contribution in [3.05, 3.63) is 30.1 Å². The third kappa shape index (κ3) is 4.98. The molecule has 0 unspecified atom stereocenters. The average Bonchev–Trinajstić information content (AvgIpc) is 2.37. The molecule has 0 fully saturated rings. The average molecular weight is 234 g/mol. The summed E-state index contributed by atoms with van der Waals surface area (Å²) >= 11 is 0. The van der Waals surface area contributed by atoms with Crippen LogP contribution in [0.25, 0.3) is 0 Å². The molecule has 0 aromatic carbocycles. The van der Waals surface area contributed by atoms with Gasteiger partial charge in [-0.25, -0.2) is 0 Å². The van der Waals surface area contributed by atoms with Crippen LogP contribution in [0.4, 0.5) is 0 Å². The third-order valence-electron chi connectivity index (χ3n) is 2.72. The highest BCUT2D eigenvalue weighted by molar-refractivity contribution is 5.76. The van der Waals surface area contributed by atoms with E-state index in [9.17, 15) is 4.79 Å². The number of pyridine rings is 1. The highest BCUT2D eigenvalue weighted by Gasteiger charge is 2.11. The second kappa shape index (κ2) is 7.82. The number of aryl methyl sites for hydroxylation is 1. The van der Waals surface area contributed by atoms with E-state index in [1.54, 1.807) is 12.4 Å². The number of rotatable bonds is 7. The lowest BCUT2D eigenvalue weighted by Gasteiger charge is -2.21. The Labute approximate surface area is 104 Å². The van der Waals surface area contributed by atoms with Crippen LogP contribution in [0.5, 0.6) is 0 Å². The van der Waals surface area contributed by atoms with E-state index in [0.717, 1.165) is 32.4 Å². The van der Waals surface area contributed by atoms with Gasteiger partial charge in [0.1, 0.15) is 0 Å². The fraction of sp³-hybridized carbons (Fsp3) is 0.571. The quantitative estimate of drug-likeness (QED) is 0.726. The van der Waals surface area contributed by atoms with Crippen molar-refractivity contribution in [2.75, 3.05) is 13.1 Å². The van der Waals surface area contributed by atoms with Crippen molar-refractivity contribution >= 4 is 5.91 Å². The van der Waals surface area contributed by atoms with Crippen LogP contribution in [0.2, 0.25) is 0 Å². The number of aromatic nitrogens is 1. The molecule has 3 heteroatoms. The summed E-state index contributed by atoms with van der Waals surface area (Å²) in [6.45, 7) is 5.98. The predicted octanol–water partition coefficient (Wildman–Crippen LogP) is 2.66. The first-order valence-corrected chi connectivity index (χ1v) is 6.44. The molecule has 0 aliphatic rings. The van der Waals surface area contributed by atoms with Crippen molar-refractivity contribution in [1.29, 1.82) is 0 Å². The molecule has 0 saturated heterocycles. The zero-order valence-electron chi connectivity index (χ0n) is 10.9. The van der Waals surface area contributed by atoms with Gasteiger partial charge in [0.15, 0.2) is 0 Å². The number of hydrogen-bond donors (Lipinski definition) is 0. The zero-order chi connectivity index (χ0) is 12.5. The van der Waals surface area contributed by atoms with Crippen LogP contribution in [0.3, 0.4) is 0 Å². The van der Waals surface area contributed by atoms with Gasteiger partial charge in [-0.3, -0.25) is 9.78 Å². The SMILES string of the molecule is CCCN(CCC)C(=O)CCc1ccncc1. The van der Waals surface area contributed by atoms with Crippen LogP contribution >= 0.6 is 0 Å². The molecular formula is C14H22N2O. The van der Waals surface area contributed by atoms with E-state index in [0.29, 0.717) is 6.42 Å². The molecule has 0 saturated carbocycles. The maximum atomic E-state index is 12.0. The molecule has 1 heterocycles. The maximum absolute atomic E-state index is 12.0. The van der Waals surface area contributed by atoms with Crippen molar-refractivity contribution in [2.24, 2.45) is 0 Å². The van der Waals surface area contributed by atoms with E-state index in [1.165, 1.54) is 5.56 Å². The lowest BCUT2D eigenvalue weighted by molar-refractivity contribution is -0.131. The van der Waals surface area contributed by atoms with E-state index < -0.39 is 0 Å². The van der Waals surface area contributed by atoms with Crippen molar-refractivity contribution in [3.63, 3.8) is 0 Å². The van der Waals surface area contributed by atoms with Gasteiger partial charge in [0, 0.05) is 31.9 Å². The molecule has 94 valence electrons. The summed E-state index contributed by atoms with van der Waals surface area (Å²) < 4.78 is 0. The van der Waals surface area contributed by atoms with Crippen LogP contribution in [-0.4, -0.2) is 28.9 Å². The Morgan fingerprint density at radius 2 is 1.76 bits per heavy atom. The largest absolute Gasteiger partial charge is 0.343 e.